The summed E-state index contributed by atoms with van der Waals surface area (Å²) < 4.78 is 0. The maximum atomic E-state index is 11.7. The van der Waals surface area contributed by atoms with E-state index in [0.29, 0.717) is 19.0 Å². The molecule has 0 unspecified atom stereocenters. The van der Waals surface area contributed by atoms with E-state index in [9.17, 15) is 4.79 Å². The van der Waals surface area contributed by atoms with E-state index in [0.717, 1.165) is 17.0 Å². The lowest BCUT2D eigenvalue weighted by molar-refractivity contribution is 0.0957. The van der Waals surface area contributed by atoms with Crippen LogP contribution < -0.4 is 16.4 Å². The first kappa shape index (κ1) is 16.0. The first-order valence-corrected chi connectivity index (χ1v) is 7.98. The number of guanidine groups is 1. The molecule has 0 fully saturated rings. The van der Waals surface area contributed by atoms with Crippen LogP contribution in [-0.2, 0) is 0 Å². The molecule has 0 radical (unpaired) electrons. The largest absolute Gasteiger partial charge is 0.370 e. The van der Waals surface area contributed by atoms with Crippen molar-refractivity contribution in [2.75, 3.05) is 18.4 Å². The lowest BCUT2D eigenvalue weighted by Gasteiger charge is -2.06. The molecule has 1 aromatic carbocycles. The van der Waals surface area contributed by atoms with E-state index < -0.39 is 0 Å². The van der Waals surface area contributed by atoms with Crippen LogP contribution in [0, 0.1) is 6.92 Å². The second-order valence-corrected chi connectivity index (χ2v) is 5.79. The van der Waals surface area contributed by atoms with Crippen LogP contribution in [-0.4, -0.2) is 25.0 Å². The van der Waals surface area contributed by atoms with Gasteiger partial charge in [0.25, 0.3) is 5.91 Å². The van der Waals surface area contributed by atoms with Crippen LogP contribution in [0.25, 0.3) is 0 Å². The Bertz CT molecular complexity index is 620. The van der Waals surface area contributed by atoms with E-state index in [4.69, 9.17) is 5.73 Å². The van der Waals surface area contributed by atoms with E-state index in [1.54, 1.807) is 0 Å². The van der Waals surface area contributed by atoms with Crippen molar-refractivity contribution in [1.82, 2.24) is 5.32 Å². The van der Waals surface area contributed by atoms with Gasteiger partial charge in [-0.3, -0.25) is 9.79 Å². The van der Waals surface area contributed by atoms with Gasteiger partial charge < -0.3 is 16.4 Å². The molecular weight excluding hydrogens is 296 g/mol. The first-order valence-electron chi connectivity index (χ1n) is 7.10. The molecule has 0 aliphatic rings. The number of anilines is 1. The van der Waals surface area contributed by atoms with Gasteiger partial charge in [0.1, 0.15) is 0 Å². The molecule has 0 saturated heterocycles. The van der Waals surface area contributed by atoms with Gasteiger partial charge in [-0.2, -0.15) is 0 Å². The molecule has 0 aliphatic carbocycles. The number of amides is 1. The highest BCUT2D eigenvalue weighted by atomic mass is 32.1. The summed E-state index contributed by atoms with van der Waals surface area (Å²) in [5.74, 6) is 0.346. The highest BCUT2D eigenvalue weighted by Gasteiger charge is 2.04. The zero-order valence-corrected chi connectivity index (χ0v) is 13.3. The normalized spacial score (nSPS) is 11.2. The summed E-state index contributed by atoms with van der Waals surface area (Å²) in [5.41, 5.74) is 7.93. The molecule has 2 rings (SSSR count). The van der Waals surface area contributed by atoms with E-state index in [1.165, 1.54) is 16.9 Å². The second-order valence-electron chi connectivity index (χ2n) is 4.84. The predicted octanol–water partition coefficient (Wildman–Crippen LogP) is 2.60. The van der Waals surface area contributed by atoms with Crippen molar-refractivity contribution in [3.63, 3.8) is 0 Å². The van der Waals surface area contributed by atoms with E-state index in [-0.39, 0.29) is 5.91 Å². The molecule has 0 spiro atoms. The van der Waals surface area contributed by atoms with Gasteiger partial charge in [0.15, 0.2) is 5.96 Å². The monoisotopic (exact) mass is 316 g/mol. The van der Waals surface area contributed by atoms with E-state index >= 15 is 0 Å². The van der Waals surface area contributed by atoms with Gasteiger partial charge in [-0.05, 0) is 36.9 Å². The van der Waals surface area contributed by atoms with Gasteiger partial charge in [-0.15, -0.1) is 11.3 Å². The Morgan fingerprint density at radius 1 is 1.27 bits per heavy atom. The molecule has 1 aromatic heterocycles. The molecule has 0 atom stereocenters. The summed E-state index contributed by atoms with van der Waals surface area (Å²) in [5, 5.41) is 7.77. The first-order chi connectivity index (χ1) is 10.6. The Morgan fingerprint density at radius 2 is 2.05 bits per heavy atom. The molecule has 116 valence electrons. The highest BCUT2D eigenvalue weighted by molar-refractivity contribution is 7.12. The Morgan fingerprint density at radius 3 is 2.73 bits per heavy atom. The van der Waals surface area contributed by atoms with E-state index in [2.05, 4.69) is 15.6 Å². The van der Waals surface area contributed by atoms with Crippen molar-refractivity contribution >= 4 is 28.9 Å². The quantitative estimate of drug-likeness (QED) is 0.435. The number of aryl methyl sites for hydroxylation is 1. The smallest absolute Gasteiger partial charge is 0.261 e. The Balaban J connectivity index is 1.66. The molecule has 5 nitrogen and oxygen atoms in total. The van der Waals surface area contributed by atoms with Crippen LogP contribution in [0.2, 0.25) is 0 Å². The molecule has 0 saturated carbocycles. The maximum Gasteiger partial charge on any atom is 0.261 e. The van der Waals surface area contributed by atoms with Gasteiger partial charge in [0, 0.05) is 18.8 Å². The average molecular weight is 316 g/mol. The van der Waals surface area contributed by atoms with Crippen LogP contribution in [0.1, 0.15) is 21.7 Å². The Labute approximate surface area is 134 Å². The van der Waals surface area contributed by atoms with Gasteiger partial charge in [0.2, 0.25) is 0 Å². The molecule has 22 heavy (non-hydrogen) atoms. The van der Waals surface area contributed by atoms with Crippen molar-refractivity contribution in [2.24, 2.45) is 10.7 Å². The number of nitrogens with two attached hydrogens (primary N) is 1. The number of hydrogen-bond donors (Lipinski definition) is 3. The second kappa shape index (κ2) is 8.19. The summed E-state index contributed by atoms with van der Waals surface area (Å²) in [6, 6.07) is 11.6. The third-order valence-electron chi connectivity index (χ3n) is 2.97. The number of thiophene rings is 1. The molecule has 0 bridgehead atoms. The van der Waals surface area contributed by atoms with Crippen LogP contribution in [0.5, 0.6) is 0 Å². The summed E-state index contributed by atoms with van der Waals surface area (Å²) in [6.45, 7) is 3.18. The molecule has 6 heteroatoms. The number of aliphatic imine (C=N–C) groups is 1. The number of carbonyl (C=O) groups is 1. The van der Waals surface area contributed by atoms with Crippen LogP contribution >= 0.6 is 11.3 Å². The molecule has 1 heterocycles. The van der Waals surface area contributed by atoms with Crippen molar-refractivity contribution in [2.45, 2.75) is 13.3 Å². The molecular formula is C16H20N4OS. The zero-order valence-electron chi connectivity index (χ0n) is 12.5. The van der Waals surface area contributed by atoms with Gasteiger partial charge in [-0.1, -0.05) is 23.8 Å². The predicted molar refractivity (Wildman–Crippen MR) is 92.6 cm³/mol. The topological polar surface area (TPSA) is 79.5 Å². The number of nitrogens with one attached hydrogen (secondary N) is 2. The summed E-state index contributed by atoms with van der Waals surface area (Å²) in [6.07, 6.45) is 0.743. The standard InChI is InChI=1S/C16H20N4OS/c1-12-5-7-13(8-6-12)20-16(17)19-10-3-9-18-15(21)14-4-2-11-22-14/h2,4-8,11H,3,9-10H2,1H3,(H,18,21)(H3,17,19,20). The molecule has 0 aliphatic heterocycles. The van der Waals surface area contributed by atoms with Crippen molar-refractivity contribution in [3.05, 3.63) is 52.2 Å². The highest BCUT2D eigenvalue weighted by Crippen LogP contribution is 2.08. The van der Waals surface area contributed by atoms with Gasteiger partial charge in [0.05, 0.1) is 4.88 Å². The number of hydrogen-bond acceptors (Lipinski definition) is 3. The van der Waals surface area contributed by atoms with Crippen molar-refractivity contribution in [3.8, 4) is 0 Å². The van der Waals surface area contributed by atoms with Crippen molar-refractivity contribution in [1.29, 1.82) is 0 Å². The maximum absolute atomic E-state index is 11.7. The minimum atomic E-state index is -0.0373. The van der Waals surface area contributed by atoms with Crippen molar-refractivity contribution < 1.29 is 4.79 Å². The number of benzene rings is 1. The lowest BCUT2D eigenvalue weighted by Crippen LogP contribution is -2.25. The fraction of sp³-hybridized carbons (Fsp3) is 0.250. The minimum absolute atomic E-state index is 0.0373. The number of nitrogens with zero attached hydrogens (tertiary/aromatic N) is 1. The van der Waals surface area contributed by atoms with Crippen LogP contribution in [0.3, 0.4) is 0 Å². The zero-order chi connectivity index (χ0) is 15.8. The van der Waals surface area contributed by atoms with Gasteiger partial charge >= 0.3 is 0 Å². The van der Waals surface area contributed by atoms with Gasteiger partial charge in [-0.25, -0.2) is 0 Å². The number of rotatable bonds is 6. The van der Waals surface area contributed by atoms with Crippen LogP contribution in [0.4, 0.5) is 5.69 Å². The Hall–Kier alpha value is -2.34. The lowest BCUT2D eigenvalue weighted by atomic mass is 10.2. The fourth-order valence-electron chi connectivity index (χ4n) is 1.80. The molecule has 4 N–H and O–H groups in total. The van der Waals surface area contributed by atoms with E-state index in [1.807, 2.05) is 48.7 Å². The molecule has 2 aromatic rings. The Kier molecular flexibility index (Phi) is 5.97. The summed E-state index contributed by atoms with van der Waals surface area (Å²) >= 11 is 1.43. The van der Waals surface area contributed by atoms with Crippen LogP contribution in [0.15, 0.2) is 46.8 Å². The fourth-order valence-corrected chi connectivity index (χ4v) is 2.44. The third-order valence-corrected chi connectivity index (χ3v) is 3.84. The summed E-state index contributed by atoms with van der Waals surface area (Å²) in [4.78, 5) is 16.7. The summed E-state index contributed by atoms with van der Waals surface area (Å²) in [7, 11) is 0. The SMILES string of the molecule is Cc1ccc(NC(N)=NCCCNC(=O)c2cccs2)cc1. The average Bonchev–Trinajstić information content (AvgIpc) is 3.03. The molecule has 1 amide bonds. The third kappa shape index (κ3) is 5.21. The minimum Gasteiger partial charge on any atom is -0.370 e. The number of carbonyl (C=O) groups excluding carboxylic acids is 1.